The summed E-state index contributed by atoms with van der Waals surface area (Å²) < 4.78 is 10.7. The Morgan fingerprint density at radius 3 is 2.74 bits per heavy atom. The number of benzene rings is 1. The summed E-state index contributed by atoms with van der Waals surface area (Å²) in [5.74, 6) is 1.80. The largest absolute Gasteiger partial charge is 0.497 e. The van der Waals surface area contributed by atoms with Gasteiger partial charge in [-0.15, -0.1) is 11.3 Å². The van der Waals surface area contributed by atoms with Crippen LogP contribution in [0.3, 0.4) is 0 Å². The number of methoxy groups -OCH3 is 2. The van der Waals surface area contributed by atoms with Crippen LogP contribution < -0.4 is 14.8 Å². The monoisotopic (exact) mass is 277 g/mol. The molecule has 0 saturated carbocycles. The summed E-state index contributed by atoms with van der Waals surface area (Å²) in [4.78, 5) is 1.19. The van der Waals surface area contributed by atoms with Crippen LogP contribution in [-0.4, -0.2) is 20.8 Å². The number of rotatable bonds is 6. The molecule has 0 amide bonds. The van der Waals surface area contributed by atoms with Crippen molar-refractivity contribution in [1.82, 2.24) is 5.32 Å². The molecule has 2 rings (SSSR count). The van der Waals surface area contributed by atoms with Gasteiger partial charge in [-0.3, -0.25) is 0 Å². The fourth-order valence-electron chi connectivity index (χ4n) is 2.08. The van der Waals surface area contributed by atoms with Crippen molar-refractivity contribution in [2.45, 2.75) is 13.0 Å². The molecule has 1 atom stereocenters. The van der Waals surface area contributed by atoms with Crippen LogP contribution in [0.25, 0.3) is 0 Å². The molecule has 19 heavy (non-hydrogen) atoms. The van der Waals surface area contributed by atoms with Gasteiger partial charge in [-0.2, -0.15) is 0 Å². The van der Waals surface area contributed by atoms with E-state index in [9.17, 15) is 0 Å². The second kappa shape index (κ2) is 6.59. The van der Waals surface area contributed by atoms with E-state index >= 15 is 0 Å². The Bertz CT molecular complexity index is 524. The molecular weight excluding hydrogens is 258 g/mol. The zero-order chi connectivity index (χ0) is 13.7. The molecule has 1 N–H and O–H groups in total. The molecule has 1 aromatic carbocycles. The number of hydrogen-bond acceptors (Lipinski definition) is 4. The summed E-state index contributed by atoms with van der Waals surface area (Å²) in [6, 6.07) is 10.3. The van der Waals surface area contributed by atoms with Gasteiger partial charge >= 0.3 is 0 Å². The summed E-state index contributed by atoms with van der Waals surface area (Å²) in [6.45, 7) is 3.00. The lowest BCUT2D eigenvalue weighted by Crippen LogP contribution is -2.21. The van der Waals surface area contributed by atoms with E-state index in [1.54, 1.807) is 25.6 Å². The molecule has 102 valence electrons. The van der Waals surface area contributed by atoms with Crippen LogP contribution in [0.5, 0.6) is 11.5 Å². The van der Waals surface area contributed by atoms with Crippen molar-refractivity contribution in [2.24, 2.45) is 0 Å². The Morgan fingerprint density at radius 1 is 1.21 bits per heavy atom. The van der Waals surface area contributed by atoms with Gasteiger partial charge in [0.05, 0.1) is 25.1 Å². The van der Waals surface area contributed by atoms with Gasteiger partial charge in [0, 0.05) is 0 Å². The molecule has 0 fully saturated rings. The number of hydrogen-bond donors (Lipinski definition) is 1. The normalized spacial score (nSPS) is 12.2. The standard InChI is InChI=1S/C15H19NO2S/c1-4-16-14(15-13(18-3)8-9-19-15)11-6-5-7-12(10-11)17-2/h5-10,14,16H,4H2,1-3H3. The second-order valence-corrected chi connectivity index (χ2v) is 5.07. The minimum Gasteiger partial charge on any atom is -0.497 e. The van der Waals surface area contributed by atoms with Gasteiger partial charge in [0.1, 0.15) is 11.5 Å². The van der Waals surface area contributed by atoms with Crippen LogP contribution in [-0.2, 0) is 0 Å². The molecule has 0 saturated heterocycles. The fourth-order valence-corrected chi connectivity index (χ4v) is 3.04. The van der Waals surface area contributed by atoms with E-state index in [4.69, 9.17) is 9.47 Å². The molecule has 0 radical (unpaired) electrons. The third-order valence-corrected chi connectivity index (χ3v) is 3.94. The molecule has 1 heterocycles. The summed E-state index contributed by atoms with van der Waals surface area (Å²) >= 11 is 1.70. The lowest BCUT2D eigenvalue weighted by molar-refractivity contribution is 0.406. The topological polar surface area (TPSA) is 30.5 Å². The SMILES string of the molecule is CCNC(c1cccc(OC)c1)c1sccc1OC. The molecule has 0 aliphatic carbocycles. The van der Waals surface area contributed by atoms with E-state index in [0.717, 1.165) is 18.0 Å². The first-order chi connectivity index (χ1) is 9.30. The quantitative estimate of drug-likeness (QED) is 0.877. The van der Waals surface area contributed by atoms with Crippen molar-refractivity contribution in [3.05, 3.63) is 46.2 Å². The van der Waals surface area contributed by atoms with Crippen molar-refractivity contribution in [3.8, 4) is 11.5 Å². The van der Waals surface area contributed by atoms with Crippen molar-refractivity contribution >= 4 is 11.3 Å². The zero-order valence-corrected chi connectivity index (χ0v) is 12.3. The van der Waals surface area contributed by atoms with Crippen molar-refractivity contribution in [2.75, 3.05) is 20.8 Å². The average molecular weight is 277 g/mol. The van der Waals surface area contributed by atoms with Gasteiger partial charge < -0.3 is 14.8 Å². The molecule has 0 aliphatic rings. The highest BCUT2D eigenvalue weighted by molar-refractivity contribution is 7.10. The van der Waals surface area contributed by atoms with Crippen LogP contribution >= 0.6 is 11.3 Å². The minimum atomic E-state index is 0.134. The third-order valence-electron chi connectivity index (χ3n) is 2.97. The predicted molar refractivity (Wildman–Crippen MR) is 79.4 cm³/mol. The van der Waals surface area contributed by atoms with Crippen LogP contribution in [0.4, 0.5) is 0 Å². The molecule has 0 aliphatic heterocycles. The minimum absolute atomic E-state index is 0.134. The third kappa shape index (κ3) is 3.08. The molecule has 1 unspecified atom stereocenters. The first kappa shape index (κ1) is 13.9. The summed E-state index contributed by atoms with van der Waals surface area (Å²) in [5, 5.41) is 5.56. The van der Waals surface area contributed by atoms with E-state index in [-0.39, 0.29) is 6.04 Å². The second-order valence-electron chi connectivity index (χ2n) is 4.12. The Morgan fingerprint density at radius 2 is 2.05 bits per heavy atom. The lowest BCUT2D eigenvalue weighted by atomic mass is 10.0. The molecule has 2 aromatic rings. The Balaban J connectivity index is 2.39. The van der Waals surface area contributed by atoms with Crippen LogP contribution in [0.1, 0.15) is 23.4 Å². The van der Waals surface area contributed by atoms with Crippen molar-refractivity contribution < 1.29 is 9.47 Å². The summed E-state index contributed by atoms with van der Waals surface area (Å²) in [5.41, 5.74) is 1.18. The lowest BCUT2D eigenvalue weighted by Gasteiger charge is -2.19. The summed E-state index contributed by atoms with van der Waals surface area (Å²) in [7, 11) is 3.40. The zero-order valence-electron chi connectivity index (χ0n) is 11.5. The highest BCUT2D eigenvalue weighted by Gasteiger charge is 2.19. The Labute approximate surface area is 118 Å². The maximum atomic E-state index is 5.43. The maximum Gasteiger partial charge on any atom is 0.134 e. The fraction of sp³-hybridized carbons (Fsp3) is 0.333. The predicted octanol–water partition coefficient (Wildman–Crippen LogP) is 3.46. The van der Waals surface area contributed by atoms with E-state index in [1.807, 2.05) is 18.2 Å². The molecule has 3 nitrogen and oxygen atoms in total. The number of ether oxygens (including phenoxy) is 2. The molecule has 0 spiro atoms. The average Bonchev–Trinajstić information content (AvgIpc) is 2.93. The van der Waals surface area contributed by atoms with Crippen molar-refractivity contribution in [3.63, 3.8) is 0 Å². The van der Waals surface area contributed by atoms with E-state index in [0.29, 0.717) is 0 Å². The smallest absolute Gasteiger partial charge is 0.134 e. The Hall–Kier alpha value is -1.52. The molecule has 0 bridgehead atoms. The number of thiophene rings is 1. The molecule has 4 heteroatoms. The Kier molecular flexibility index (Phi) is 4.82. The van der Waals surface area contributed by atoms with Gasteiger partial charge in [-0.25, -0.2) is 0 Å². The van der Waals surface area contributed by atoms with Gasteiger partial charge in [0.15, 0.2) is 0 Å². The highest BCUT2D eigenvalue weighted by atomic mass is 32.1. The molecule has 1 aromatic heterocycles. The van der Waals surface area contributed by atoms with Crippen LogP contribution in [0.15, 0.2) is 35.7 Å². The molecular formula is C15H19NO2S. The van der Waals surface area contributed by atoms with Gasteiger partial charge in [0.25, 0.3) is 0 Å². The summed E-state index contributed by atoms with van der Waals surface area (Å²) in [6.07, 6.45) is 0. The highest BCUT2D eigenvalue weighted by Crippen LogP contribution is 2.35. The van der Waals surface area contributed by atoms with Gasteiger partial charge in [-0.1, -0.05) is 19.1 Å². The van der Waals surface area contributed by atoms with Crippen LogP contribution in [0, 0.1) is 0 Å². The van der Waals surface area contributed by atoms with E-state index < -0.39 is 0 Å². The van der Waals surface area contributed by atoms with Crippen molar-refractivity contribution in [1.29, 1.82) is 0 Å². The van der Waals surface area contributed by atoms with Gasteiger partial charge in [-0.05, 0) is 35.7 Å². The maximum absolute atomic E-state index is 5.43. The van der Waals surface area contributed by atoms with E-state index in [2.05, 4.69) is 29.8 Å². The number of nitrogens with one attached hydrogen (secondary N) is 1. The van der Waals surface area contributed by atoms with Gasteiger partial charge in [0.2, 0.25) is 0 Å². The van der Waals surface area contributed by atoms with Crippen LogP contribution in [0.2, 0.25) is 0 Å². The van der Waals surface area contributed by atoms with E-state index in [1.165, 1.54) is 10.4 Å². The first-order valence-electron chi connectivity index (χ1n) is 6.28. The first-order valence-corrected chi connectivity index (χ1v) is 7.16.